The number of hydrogen-bond donors (Lipinski definition) is 1. The van der Waals surface area contributed by atoms with E-state index < -0.39 is 10.8 Å². The fraction of sp³-hybridized carbons (Fsp3) is 0.957. The summed E-state index contributed by atoms with van der Waals surface area (Å²) in [5.74, 6) is 4.88. The van der Waals surface area contributed by atoms with E-state index in [0.717, 1.165) is 62.0 Å². The Morgan fingerprint density at radius 1 is 1.11 bits per heavy atom. The highest BCUT2D eigenvalue weighted by Gasteiger charge is 2.62. The van der Waals surface area contributed by atoms with Gasteiger partial charge < -0.3 is 5.73 Å². The van der Waals surface area contributed by atoms with Crippen LogP contribution in [0.1, 0.15) is 78.6 Å². The van der Waals surface area contributed by atoms with Crippen LogP contribution >= 0.6 is 0 Å². The summed E-state index contributed by atoms with van der Waals surface area (Å²) < 4.78 is 12.7. The lowest BCUT2D eigenvalue weighted by Gasteiger charge is -2.62. The molecule has 4 heteroatoms. The van der Waals surface area contributed by atoms with Crippen molar-refractivity contribution < 1.29 is 9.00 Å². The number of hydrogen-bond acceptors (Lipinski definition) is 3. The van der Waals surface area contributed by atoms with E-state index in [4.69, 9.17) is 5.73 Å². The van der Waals surface area contributed by atoms with Gasteiger partial charge in [-0.15, -0.1) is 0 Å². The van der Waals surface area contributed by atoms with E-state index in [1.807, 2.05) is 0 Å². The maximum absolute atomic E-state index is 12.7. The number of carbonyl (C=O) groups excluding carboxylic acids is 1. The molecule has 0 amide bonds. The third-order valence-corrected chi connectivity index (χ3v) is 11.5. The number of fused-ring (bicyclic) bond motifs is 5. The first-order valence-corrected chi connectivity index (χ1v) is 12.8. The summed E-state index contributed by atoms with van der Waals surface area (Å²) in [5.41, 5.74) is 6.00. The molecule has 0 aromatic heterocycles. The van der Waals surface area contributed by atoms with Crippen molar-refractivity contribution in [1.29, 1.82) is 0 Å². The number of Topliss-reactive ketones (excluding diaryl/α,β-unsaturated/α-hetero) is 1. The highest BCUT2D eigenvalue weighted by atomic mass is 32.2. The summed E-state index contributed by atoms with van der Waals surface area (Å²) in [6, 6.07) is 0. The van der Waals surface area contributed by atoms with Gasteiger partial charge in [-0.05, 0) is 92.9 Å². The van der Waals surface area contributed by atoms with Gasteiger partial charge in [0.2, 0.25) is 0 Å². The van der Waals surface area contributed by atoms with Crippen molar-refractivity contribution >= 4 is 16.6 Å². The van der Waals surface area contributed by atoms with E-state index in [9.17, 15) is 9.00 Å². The summed E-state index contributed by atoms with van der Waals surface area (Å²) in [4.78, 5) is 12.6. The SMILES string of the molecule is C[C@@H]1CC2C[C@@H](S(=O)CCCN)CC[C@]2(C)[C@H]2CC[C@]3(C)C(=O)CC[C@H]3[C@H]12. The lowest BCUT2D eigenvalue weighted by molar-refractivity contribution is -0.146. The number of carbonyl (C=O) groups is 1. The Balaban J connectivity index is 1.54. The monoisotopic (exact) mass is 393 g/mol. The van der Waals surface area contributed by atoms with Gasteiger partial charge in [0.1, 0.15) is 5.78 Å². The number of rotatable bonds is 4. The van der Waals surface area contributed by atoms with Crippen molar-refractivity contribution in [3.05, 3.63) is 0 Å². The standard InChI is InChI=1S/C23H39NO2S/c1-15-13-16-14-17(27(26)12-4-11-24)7-9-22(16,2)19-8-10-23(3)18(21(15)19)5-6-20(23)25/h15-19,21H,4-14,24H2,1-3H3/t15-,16?,17+,18+,19+,21+,22+,23+,27?/m1/s1. The summed E-state index contributed by atoms with van der Waals surface area (Å²) in [5, 5.41) is 0.389. The van der Waals surface area contributed by atoms with E-state index in [-0.39, 0.29) is 5.41 Å². The molecule has 9 atom stereocenters. The molecule has 0 aliphatic heterocycles. The van der Waals surface area contributed by atoms with Gasteiger partial charge in [0.25, 0.3) is 0 Å². The van der Waals surface area contributed by atoms with Gasteiger partial charge in [-0.2, -0.15) is 0 Å². The van der Waals surface area contributed by atoms with Gasteiger partial charge >= 0.3 is 0 Å². The minimum atomic E-state index is -0.701. The molecule has 4 aliphatic carbocycles. The Morgan fingerprint density at radius 2 is 1.89 bits per heavy atom. The summed E-state index contributed by atoms with van der Waals surface area (Å²) in [6.45, 7) is 7.95. The van der Waals surface area contributed by atoms with E-state index in [1.165, 1.54) is 19.3 Å². The molecule has 2 unspecified atom stereocenters. The zero-order chi connectivity index (χ0) is 19.4. The smallest absolute Gasteiger partial charge is 0.139 e. The van der Waals surface area contributed by atoms with Gasteiger partial charge in [-0.1, -0.05) is 20.8 Å². The Bertz CT molecular complexity index is 621. The number of ketones is 1. The first kappa shape index (κ1) is 20.1. The molecule has 154 valence electrons. The van der Waals surface area contributed by atoms with Crippen molar-refractivity contribution in [2.45, 2.75) is 83.8 Å². The van der Waals surface area contributed by atoms with Crippen molar-refractivity contribution in [1.82, 2.24) is 0 Å². The van der Waals surface area contributed by atoms with Gasteiger partial charge in [0.05, 0.1) is 0 Å². The maximum Gasteiger partial charge on any atom is 0.139 e. The predicted octanol–water partition coefficient (Wildman–Crippen LogP) is 4.31. The van der Waals surface area contributed by atoms with Crippen molar-refractivity contribution in [2.24, 2.45) is 46.2 Å². The molecule has 2 N–H and O–H groups in total. The lowest BCUT2D eigenvalue weighted by atomic mass is 9.43. The summed E-state index contributed by atoms with van der Waals surface area (Å²) >= 11 is 0. The molecule has 4 fully saturated rings. The minimum absolute atomic E-state index is 0.0282. The van der Waals surface area contributed by atoms with Crippen LogP contribution in [0.2, 0.25) is 0 Å². The zero-order valence-electron chi connectivity index (χ0n) is 17.5. The average Bonchev–Trinajstić information content (AvgIpc) is 2.95. The molecule has 4 aliphatic rings. The Morgan fingerprint density at radius 3 is 2.63 bits per heavy atom. The molecule has 0 spiro atoms. The van der Waals surface area contributed by atoms with Gasteiger partial charge in [0.15, 0.2) is 0 Å². The lowest BCUT2D eigenvalue weighted by Crippen LogP contribution is -2.56. The van der Waals surface area contributed by atoms with Crippen molar-refractivity contribution in [3.63, 3.8) is 0 Å². The summed E-state index contributed by atoms with van der Waals surface area (Å²) in [6.07, 6.45) is 9.99. The molecular weight excluding hydrogens is 354 g/mol. The van der Waals surface area contributed by atoms with E-state index in [2.05, 4.69) is 20.8 Å². The fourth-order valence-electron chi connectivity index (χ4n) is 8.00. The maximum atomic E-state index is 12.7. The highest BCUT2D eigenvalue weighted by molar-refractivity contribution is 7.85. The molecule has 0 heterocycles. The van der Waals surface area contributed by atoms with Crippen LogP contribution in [0.15, 0.2) is 0 Å². The quantitative estimate of drug-likeness (QED) is 0.774. The molecule has 0 saturated heterocycles. The molecule has 0 aromatic carbocycles. The Labute approximate surface area is 168 Å². The van der Waals surface area contributed by atoms with Crippen LogP contribution in [0.4, 0.5) is 0 Å². The number of nitrogens with two attached hydrogens (primary N) is 1. The molecule has 0 bridgehead atoms. The van der Waals surface area contributed by atoms with E-state index >= 15 is 0 Å². The topological polar surface area (TPSA) is 60.2 Å². The van der Waals surface area contributed by atoms with Gasteiger partial charge in [-0.25, -0.2) is 0 Å². The predicted molar refractivity (Wildman–Crippen MR) is 112 cm³/mol. The molecule has 3 nitrogen and oxygen atoms in total. The van der Waals surface area contributed by atoms with Crippen molar-refractivity contribution in [2.75, 3.05) is 12.3 Å². The van der Waals surface area contributed by atoms with Crippen LogP contribution < -0.4 is 5.73 Å². The second kappa shape index (κ2) is 7.23. The van der Waals surface area contributed by atoms with Crippen molar-refractivity contribution in [3.8, 4) is 0 Å². The Kier molecular flexibility index (Phi) is 5.38. The highest BCUT2D eigenvalue weighted by Crippen LogP contribution is 2.66. The van der Waals surface area contributed by atoms with Crippen LogP contribution in [0.3, 0.4) is 0 Å². The molecule has 0 radical (unpaired) electrons. The average molecular weight is 394 g/mol. The largest absolute Gasteiger partial charge is 0.330 e. The molecule has 27 heavy (non-hydrogen) atoms. The van der Waals surface area contributed by atoms with Gasteiger partial charge in [-0.3, -0.25) is 9.00 Å². The zero-order valence-corrected chi connectivity index (χ0v) is 18.4. The molecule has 0 aromatic rings. The normalized spacial score (nSPS) is 50.6. The molecule has 4 saturated carbocycles. The van der Waals surface area contributed by atoms with E-state index in [1.54, 1.807) is 0 Å². The van der Waals surface area contributed by atoms with Gasteiger partial charge in [0, 0.05) is 33.6 Å². The third-order valence-electron chi connectivity index (χ3n) is 9.61. The minimum Gasteiger partial charge on any atom is -0.330 e. The Hall–Kier alpha value is -0.220. The van der Waals surface area contributed by atoms with E-state index in [0.29, 0.717) is 34.8 Å². The van der Waals surface area contributed by atoms with Crippen LogP contribution in [-0.4, -0.2) is 27.5 Å². The van der Waals surface area contributed by atoms with Crippen LogP contribution in [0.25, 0.3) is 0 Å². The first-order chi connectivity index (χ1) is 12.8. The van der Waals surface area contributed by atoms with Crippen LogP contribution in [0, 0.1) is 40.4 Å². The molecule has 4 rings (SSSR count). The first-order valence-electron chi connectivity index (χ1n) is 11.4. The fourth-order valence-corrected chi connectivity index (χ4v) is 9.61. The second-order valence-electron chi connectivity index (χ2n) is 10.7. The van der Waals surface area contributed by atoms with Crippen LogP contribution in [-0.2, 0) is 15.6 Å². The third kappa shape index (κ3) is 3.08. The summed E-state index contributed by atoms with van der Waals surface area (Å²) in [7, 11) is -0.701. The second-order valence-corrected chi connectivity index (χ2v) is 12.6. The molecular formula is C23H39NO2S. The van der Waals surface area contributed by atoms with Crippen LogP contribution in [0.5, 0.6) is 0 Å².